The number of carboxylic acid groups (broad SMARTS) is 1. The number of amides is 2. The van der Waals surface area contributed by atoms with Gasteiger partial charge in [0.25, 0.3) is 11.8 Å². The normalized spacial score (nSPS) is 15.7. The van der Waals surface area contributed by atoms with Gasteiger partial charge in [0.1, 0.15) is 6.04 Å². The number of imide groups is 1. The topological polar surface area (TPSA) is 74.7 Å². The predicted octanol–water partition coefficient (Wildman–Crippen LogP) is 1.30. The molecule has 1 aliphatic heterocycles. The van der Waals surface area contributed by atoms with Crippen LogP contribution in [-0.2, 0) is 20.1 Å². The highest BCUT2D eigenvalue weighted by atomic mass is 32.2. The molecule has 2 amide bonds. The highest BCUT2D eigenvalue weighted by Crippen LogP contribution is 2.18. The smallest absolute Gasteiger partial charge is 0.327 e. The first-order valence-corrected chi connectivity index (χ1v) is 7.15. The molecule has 6 heteroatoms. The van der Waals surface area contributed by atoms with Crippen molar-refractivity contribution in [3.8, 4) is 0 Å². The summed E-state index contributed by atoms with van der Waals surface area (Å²) in [6.07, 6.45) is 2.19. The number of nitrogens with zero attached hydrogens (tertiary/aromatic N) is 1. The zero-order valence-electron chi connectivity index (χ0n) is 10.6. The largest absolute Gasteiger partial charge is 0.480 e. The number of rotatable bonds is 6. The summed E-state index contributed by atoms with van der Waals surface area (Å²) in [5.41, 5.74) is 1.07. The van der Waals surface area contributed by atoms with Gasteiger partial charge < -0.3 is 5.11 Å². The molecule has 0 saturated heterocycles. The number of benzene rings is 1. The molecule has 1 atom stereocenters. The minimum atomic E-state index is -1.17. The van der Waals surface area contributed by atoms with E-state index in [0.29, 0.717) is 5.75 Å². The standard InChI is InChI=1S/C14H13NO4S/c16-12-6-7-13(17)15(12)11(14(18)19)9-20-8-10-4-2-1-3-5-10/h1-7,11H,8-9H2,(H,18,19). The zero-order chi connectivity index (χ0) is 14.5. The number of thioether (sulfide) groups is 1. The van der Waals surface area contributed by atoms with Crippen LogP contribution in [0.5, 0.6) is 0 Å². The van der Waals surface area contributed by atoms with Crippen LogP contribution in [-0.4, -0.2) is 39.6 Å². The van der Waals surface area contributed by atoms with Crippen molar-refractivity contribution in [1.29, 1.82) is 0 Å². The maximum atomic E-state index is 11.5. The monoisotopic (exact) mass is 291 g/mol. The van der Waals surface area contributed by atoms with E-state index >= 15 is 0 Å². The summed E-state index contributed by atoms with van der Waals surface area (Å²) in [6, 6.07) is 8.47. The lowest BCUT2D eigenvalue weighted by molar-refractivity contribution is -0.152. The number of carboxylic acids is 1. The first-order chi connectivity index (χ1) is 9.59. The highest BCUT2D eigenvalue weighted by molar-refractivity contribution is 7.98. The zero-order valence-corrected chi connectivity index (χ0v) is 11.4. The van der Waals surface area contributed by atoms with Crippen LogP contribution >= 0.6 is 11.8 Å². The van der Waals surface area contributed by atoms with Crippen LogP contribution < -0.4 is 0 Å². The van der Waals surface area contributed by atoms with Crippen molar-refractivity contribution in [2.75, 3.05) is 5.75 Å². The van der Waals surface area contributed by atoms with Crippen molar-refractivity contribution in [2.45, 2.75) is 11.8 Å². The van der Waals surface area contributed by atoms with E-state index in [4.69, 9.17) is 0 Å². The Labute approximate surface area is 120 Å². The van der Waals surface area contributed by atoms with Gasteiger partial charge in [-0.1, -0.05) is 30.3 Å². The van der Waals surface area contributed by atoms with Gasteiger partial charge in [0, 0.05) is 23.7 Å². The molecule has 0 aliphatic carbocycles. The summed E-state index contributed by atoms with van der Waals surface area (Å²) in [4.78, 5) is 35.0. The summed E-state index contributed by atoms with van der Waals surface area (Å²) >= 11 is 1.38. The molecular weight excluding hydrogens is 278 g/mol. The van der Waals surface area contributed by atoms with Crippen molar-refractivity contribution in [1.82, 2.24) is 4.90 Å². The number of hydrogen-bond acceptors (Lipinski definition) is 4. The maximum Gasteiger partial charge on any atom is 0.327 e. The van der Waals surface area contributed by atoms with Gasteiger partial charge >= 0.3 is 5.97 Å². The van der Waals surface area contributed by atoms with E-state index in [1.165, 1.54) is 11.8 Å². The van der Waals surface area contributed by atoms with E-state index in [9.17, 15) is 19.5 Å². The highest BCUT2D eigenvalue weighted by Gasteiger charge is 2.35. The Morgan fingerprint density at radius 2 is 1.75 bits per heavy atom. The van der Waals surface area contributed by atoms with Crippen LogP contribution in [0.25, 0.3) is 0 Å². The molecule has 104 valence electrons. The molecule has 1 aromatic rings. The molecule has 0 saturated carbocycles. The van der Waals surface area contributed by atoms with Gasteiger partial charge in [0.05, 0.1) is 0 Å². The van der Waals surface area contributed by atoms with E-state index in [0.717, 1.165) is 22.6 Å². The van der Waals surface area contributed by atoms with E-state index in [-0.39, 0.29) is 5.75 Å². The Balaban J connectivity index is 1.95. The molecule has 1 heterocycles. The number of hydrogen-bond donors (Lipinski definition) is 1. The van der Waals surface area contributed by atoms with Crippen molar-refractivity contribution >= 4 is 29.5 Å². The number of carbonyl (C=O) groups is 3. The average molecular weight is 291 g/mol. The molecule has 20 heavy (non-hydrogen) atoms. The van der Waals surface area contributed by atoms with Crippen molar-refractivity contribution in [3.05, 3.63) is 48.0 Å². The van der Waals surface area contributed by atoms with Gasteiger partial charge in [-0.15, -0.1) is 0 Å². The van der Waals surface area contributed by atoms with E-state index in [1.54, 1.807) is 0 Å². The Morgan fingerprint density at radius 1 is 1.15 bits per heavy atom. The summed E-state index contributed by atoms with van der Waals surface area (Å²) in [5, 5.41) is 9.18. The van der Waals surface area contributed by atoms with Gasteiger partial charge in [0.15, 0.2) is 0 Å². The molecule has 1 unspecified atom stereocenters. The summed E-state index contributed by atoms with van der Waals surface area (Å²) in [7, 11) is 0. The Bertz CT molecular complexity index is 538. The number of carbonyl (C=O) groups excluding carboxylic acids is 2. The third kappa shape index (κ3) is 3.27. The molecular formula is C14H13NO4S. The first-order valence-electron chi connectivity index (χ1n) is 5.99. The van der Waals surface area contributed by atoms with Crippen molar-refractivity contribution < 1.29 is 19.5 Å². The molecule has 0 fully saturated rings. The molecule has 1 N–H and O–H groups in total. The van der Waals surface area contributed by atoms with Crippen LogP contribution in [0.15, 0.2) is 42.5 Å². The van der Waals surface area contributed by atoms with Crippen molar-refractivity contribution in [3.63, 3.8) is 0 Å². The third-order valence-corrected chi connectivity index (χ3v) is 3.92. The maximum absolute atomic E-state index is 11.5. The predicted molar refractivity (Wildman–Crippen MR) is 75.0 cm³/mol. The molecule has 0 spiro atoms. The fourth-order valence-electron chi connectivity index (χ4n) is 1.84. The lowest BCUT2D eigenvalue weighted by Gasteiger charge is -2.22. The molecule has 0 bridgehead atoms. The minimum absolute atomic E-state index is 0.170. The van der Waals surface area contributed by atoms with Crippen LogP contribution in [0, 0.1) is 0 Å². The van der Waals surface area contributed by atoms with Gasteiger partial charge in [0.2, 0.25) is 0 Å². The summed E-state index contributed by atoms with van der Waals surface area (Å²) < 4.78 is 0. The molecule has 0 aromatic heterocycles. The van der Waals surface area contributed by atoms with Crippen LogP contribution in [0.2, 0.25) is 0 Å². The fourth-order valence-corrected chi connectivity index (χ4v) is 2.90. The van der Waals surface area contributed by atoms with Crippen LogP contribution in [0.3, 0.4) is 0 Å². The minimum Gasteiger partial charge on any atom is -0.480 e. The first kappa shape index (κ1) is 14.3. The number of aliphatic carboxylic acids is 1. The van der Waals surface area contributed by atoms with Gasteiger partial charge in [-0.25, -0.2) is 4.79 Å². The van der Waals surface area contributed by atoms with Crippen LogP contribution in [0.1, 0.15) is 5.56 Å². The average Bonchev–Trinajstić information content (AvgIpc) is 2.76. The molecule has 0 radical (unpaired) electrons. The van der Waals surface area contributed by atoms with Gasteiger partial charge in [-0.05, 0) is 5.56 Å². The van der Waals surface area contributed by atoms with Crippen molar-refractivity contribution in [2.24, 2.45) is 0 Å². The lowest BCUT2D eigenvalue weighted by Crippen LogP contribution is -2.46. The molecule has 5 nitrogen and oxygen atoms in total. The lowest BCUT2D eigenvalue weighted by atomic mass is 10.2. The van der Waals surface area contributed by atoms with Crippen LogP contribution in [0.4, 0.5) is 0 Å². The Hall–Kier alpha value is -2.08. The Kier molecular flexibility index (Phi) is 4.57. The van der Waals surface area contributed by atoms with E-state index in [1.807, 2.05) is 30.3 Å². The second-order valence-corrected chi connectivity index (χ2v) is 5.26. The molecule has 2 rings (SSSR count). The summed E-state index contributed by atoms with van der Waals surface area (Å²) in [6.45, 7) is 0. The third-order valence-electron chi connectivity index (χ3n) is 2.83. The molecule has 1 aliphatic rings. The van der Waals surface area contributed by atoms with E-state index in [2.05, 4.69) is 0 Å². The summed E-state index contributed by atoms with van der Waals surface area (Å²) in [5.74, 6) is -1.50. The fraction of sp³-hybridized carbons (Fsp3) is 0.214. The quantitative estimate of drug-likeness (QED) is 0.800. The van der Waals surface area contributed by atoms with Gasteiger partial charge in [-0.2, -0.15) is 11.8 Å². The van der Waals surface area contributed by atoms with Gasteiger partial charge in [-0.3, -0.25) is 14.5 Å². The Morgan fingerprint density at radius 3 is 2.30 bits per heavy atom. The molecule has 1 aromatic carbocycles. The van der Waals surface area contributed by atoms with E-state index < -0.39 is 23.8 Å². The second-order valence-electron chi connectivity index (χ2n) is 4.23. The SMILES string of the molecule is O=C(O)C(CSCc1ccccc1)N1C(=O)C=CC1=O. The second kappa shape index (κ2) is 6.38.